The van der Waals surface area contributed by atoms with Gasteiger partial charge in [0.05, 0.1) is 16.3 Å². The number of hydrogen-bond acceptors (Lipinski definition) is 8. The zero-order chi connectivity index (χ0) is 26.8. The Labute approximate surface area is 232 Å². The van der Waals surface area contributed by atoms with E-state index in [1.165, 1.54) is 28.9 Å². The third-order valence-corrected chi connectivity index (χ3v) is 8.58. The van der Waals surface area contributed by atoms with Gasteiger partial charge in [0.25, 0.3) is 0 Å². The first-order valence-corrected chi connectivity index (χ1v) is 14.4. The molecule has 8 nitrogen and oxygen atoms in total. The summed E-state index contributed by atoms with van der Waals surface area (Å²) in [6.07, 6.45) is 8.23. The lowest BCUT2D eigenvalue weighted by Gasteiger charge is -2.26. The Morgan fingerprint density at radius 2 is 1.95 bits per heavy atom. The van der Waals surface area contributed by atoms with Crippen LogP contribution in [0.3, 0.4) is 0 Å². The predicted octanol–water partition coefficient (Wildman–Crippen LogP) is 5.78. The summed E-state index contributed by atoms with van der Waals surface area (Å²) in [6.45, 7) is 1.89. The lowest BCUT2D eigenvalue weighted by atomic mass is 9.88. The molecule has 6 rings (SSSR count). The molecule has 2 aliphatic rings. The smallest absolute Gasteiger partial charge is 0.229 e. The molecule has 1 amide bonds. The highest BCUT2D eigenvalue weighted by Crippen LogP contribution is 2.39. The monoisotopic (exact) mass is 539 g/mol. The molecule has 0 atom stereocenters. The summed E-state index contributed by atoms with van der Waals surface area (Å²) >= 11 is 1.40. The highest BCUT2D eigenvalue weighted by atomic mass is 32.1. The minimum absolute atomic E-state index is 0.108. The topological polar surface area (TPSA) is 109 Å². The molecule has 39 heavy (non-hydrogen) atoms. The molecule has 2 aromatic carbocycles. The molecule has 0 saturated heterocycles. The van der Waals surface area contributed by atoms with Gasteiger partial charge in [-0.1, -0.05) is 48.8 Å². The molecule has 1 aliphatic heterocycles. The number of nitrogen functional groups attached to an aromatic ring is 1. The zero-order valence-electron chi connectivity index (χ0n) is 22.1. The van der Waals surface area contributed by atoms with Crippen molar-refractivity contribution in [2.24, 2.45) is 5.92 Å². The summed E-state index contributed by atoms with van der Waals surface area (Å²) in [5.74, 6) is 0.811. The van der Waals surface area contributed by atoms with Gasteiger partial charge < -0.3 is 21.3 Å². The van der Waals surface area contributed by atoms with Crippen molar-refractivity contribution in [1.82, 2.24) is 20.3 Å². The van der Waals surface area contributed by atoms with E-state index in [1.807, 2.05) is 37.4 Å². The number of nitrogens with one attached hydrogen (secondary N) is 2. The van der Waals surface area contributed by atoms with Crippen LogP contribution in [0.25, 0.3) is 21.8 Å². The van der Waals surface area contributed by atoms with Gasteiger partial charge in [-0.2, -0.15) is 0 Å². The van der Waals surface area contributed by atoms with Crippen molar-refractivity contribution in [2.75, 3.05) is 29.5 Å². The number of aromatic nitrogens is 3. The minimum Gasteiger partial charge on any atom is -0.375 e. The number of nitrogens with two attached hydrogens (primary N) is 1. The fraction of sp³-hybridized carbons (Fsp3) is 0.333. The average molecular weight is 540 g/mol. The number of fused-ring (bicyclic) bond motifs is 1. The van der Waals surface area contributed by atoms with E-state index < -0.39 is 0 Å². The first-order valence-electron chi connectivity index (χ1n) is 13.6. The maximum atomic E-state index is 13.2. The fourth-order valence-corrected chi connectivity index (χ4v) is 6.38. The van der Waals surface area contributed by atoms with E-state index in [9.17, 15) is 4.79 Å². The average Bonchev–Trinajstić information content (AvgIpc) is 3.38. The molecule has 3 heterocycles. The Bertz CT molecular complexity index is 1490. The predicted molar refractivity (Wildman–Crippen MR) is 158 cm³/mol. The molecule has 0 bridgehead atoms. The van der Waals surface area contributed by atoms with Gasteiger partial charge in [-0.3, -0.25) is 4.79 Å². The van der Waals surface area contributed by atoms with E-state index in [-0.39, 0.29) is 11.8 Å². The summed E-state index contributed by atoms with van der Waals surface area (Å²) in [6, 6.07) is 16.2. The molecule has 4 N–H and O–H groups in total. The molecule has 200 valence electrons. The largest absolute Gasteiger partial charge is 0.375 e. The standard InChI is InChI=1S/C30H33N7OS/c1-37(28(38)20-6-3-2-4-7-20)24-9-5-8-21(17-24)26-27(39-29(31)36-26)25-13-15-33-30(35-25)34-23-11-10-19-12-14-32-18-22(19)16-23/h5,8-11,13,15-17,20,32H,2-4,6-7,12,14,18H2,1H3,(H2,31,36)(H,33,34,35). The number of nitrogens with zero attached hydrogens (tertiary/aromatic N) is 4. The van der Waals surface area contributed by atoms with E-state index >= 15 is 0 Å². The van der Waals surface area contributed by atoms with E-state index in [0.717, 1.165) is 78.4 Å². The van der Waals surface area contributed by atoms with Gasteiger partial charge in [0.2, 0.25) is 11.9 Å². The highest BCUT2D eigenvalue weighted by molar-refractivity contribution is 7.19. The van der Waals surface area contributed by atoms with Crippen molar-refractivity contribution in [3.63, 3.8) is 0 Å². The molecule has 2 aromatic heterocycles. The Morgan fingerprint density at radius 3 is 2.82 bits per heavy atom. The molecule has 9 heteroatoms. The van der Waals surface area contributed by atoms with Crippen LogP contribution in [-0.4, -0.2) is 34.5 Å². The Kier molecular flexibility index (Phi) is 7.26. The molecule has 0 unspecified atom stereocenters. The van der Waals surface area contributed by atoms with Gasteiger partial charge >= 0.3 is 0 Å². The van der Waals surface area contributed by atoms with Crippen LogP contribution < -0.4 is 21.3 Å². The second kappa shape index (κ2) is 11.1. The maximum absolute atomic E-state index is 13.2. The molecule has 0 radical (unpaired) electrons. The molecule has 1 saturated carbocycles. The first-order chi connectivity index (χ1) is 19.0. The number of amides is 1. The van der Waals surface area contributed by atoms with Crippen molar-refractivity contribution in [2.45, 2.75) is 45.1 Å². The number of anilines is 4. The molecule has 4 aromatic rings. The van der Waals surface area contributed by atoms with E-state index in [0.29, 0.717) is 11.1 Å². The normalized spacial score (nSPS) is 15.5. The van der Waals surface area contributed by atoms with Gasteiger partial charge in [0.15, 0.2) is 5.13 Å². The molecular weight excluding hydrogens is 506 g/mol. The summed E-state index contributed by atoms with van der Waals surface area (Å²) in [5.41, 5.74) is 13.1. The number of benzene rings is 2. The van der Waals surface area contributed by atoms with Crippen LogP contribution in [0.1, 0.15) is 43.2 Å². The van der Waals surface area contributed by atoms with Crippen molar-refractivity contribution >= 4 is 39.7 Å². The summed E-state index contributed by atoms with van der Waals surface area (Å²) in [5, 5.41) is 7.24. The van der Waals surface area contributed by atoms with Crippen molar-refractivity contribution in [3.05, 3.63) is 65.9 Å². The molecule has 1 aliphatic carbocycles. The van der Waals surface area contributed by atoms with Crippen LogP contribution in [-0.2, 0) is 17.8 Å². The lowest BCUT2D eigenvalue weighted by Crippen LogP contribution is -2.33. The first kappa shape index (κ1) is 25.5. The van der Waals surface area contributed by atoms with Crippen LogP contribution in [0.15, 0.2) is 54.7 Å². The van der Waals surface area contributed by atoms with Crippen LogP contribution >= 0.6 is 11.3 Å². The van der Waals surface area contributed by atoms with Gasteiger partial charge in [-0.15, -0.1) is 0 Å². The van der Waals surface area contributed by atoms with Crippen molar-refractivity contribution in [1.29, 1.82) is 0 Å². The molecule has 1 fully saturated rings. The van der Waals surface area contributed by atoms with Crippen LogP contribution in [0, 0.1) is 5.92 Å². The Hall–Kier alpha value is -3.82. The molecule has 0 spiro atoms. The van der Waals surface area contributed by atoms with Gasteiger partial charge in [-0.25, -0.2) is 15.0 Å². The Balaban J connectivity index is 1.26. The van der Waals surface area contributed by atoms with E-state index in [4.69, 9.17) is 10.7 Å². The summed E-state index contributed by atoms with van der Waals surface area (Å²) < 4.78 is 0. The van der Waals surface area contributed by atoms with Gasteiger partial charge in [-0.05, 0) is 67.3 Å². The van der Waals surface area contributed by atoms with E-state index in [2.05, 4.69) is 38.8 Å². The Morgan fingerprint density at radius 1 is 1.08 bits per heavy atom. The number of hydrogen-bond donors (Lipinski definition) is 3. The fourth-order valence-electron chi connectivity index (χ4n) is 5.55. The van der Waals surface area contributed by atoms with E-state index in [1.54, 1.807) is 11.1 Å². The van der Waals surface area contributed by atoms with Gasteiger partial charge in [0, 0.05) is 42.6 Å². The third-order valence-electron chi connectivity index (χ3n) is 7.67. The minimum atomic E-state index is 0.108. The van der Waals surface area contributed by atoms with Crippen LogP contribution in [0.2, 0.25) is 0 Å². The van der Waals surface area contributed by atoms with Crippen LogP contribution in [0.5, 0.6) is 0 Å². The number of carbonyl (C=O) groups is 1. The zero-order valence-corrected chi connectivity index (χ0v) is 22.9. The number of rotatable bonds is 6. The number of thiazole rings is 1. The SMILES string of the molecule is CN(C(=O)C1CCCCC1)c1cccc(-c2nc(N)sc2-c2ccnc(Nc3ccc4c(c3)CNCC4)n2)c1. The van der Waals surface area contributed by atoms with Gasteiger partial charge in [0.1, 0.15) is 0 Å². The summed E-state index contributed by atoms with van der Waals surface area (Å²) in [4.78, 5) is 29.7. The lowest BCUT2D eigenvalue weighted by molar-refractivity contribution is -0.123. The summed E-state index contributed by atoms with van der Waals surface area (Å²) in [7, 11) is 1.87. The van der Waals surface area contributed by atoms with Crippen molar-refractivity contribution < 1.29 is 4.79 Å². The number of carbonyl (C=O) groups excluding carboxylic acids is 1. The highest BCUT2D eigenvalue weighted by Gasteiger charge is 2.25. The third kappa shape index (κ3) is 5.51. The van der Waals surface area contributed by atoms with Crippen molar-refractivity contribution in [3.8, 4) is 21.8 Å². The quantitative estimate of drug-likeness (QED) is 0.285. The maximum Gasteiger partial charge on any atom is 0.229 e. The van der Waals surface area contributed by atoms with Crippen LogP contribution in [0.4, 0.5) is 22.5 Å². The molecular formula is C30H33N7OS. The second-order valence-electron chi connectivity index (χ2n) is 10.3. The second-order valence-corrected chi connectivity index (χ2v) is 11.3.